The molecule has 0 saturated heterocycles. The summed E-state index contributed by atoms with van der Waals surface area (Å²) >= 11 is 0. The van der Waals surface area contributed by atoms with Crippen LogP contribution >= 0.6 is 0 Å². The third-order valence-corrected chi connectivity index (χ3v) is 3.61. The number of aromatic hydroxyl groups is 1. The number of benzene rings is 1. The van der Waals surface area contributed by atoms with E-state index < -0.39 is 5.97 Å². The van der Waals surface area contributed by atoms with Gasteiger partial charge in [-0.3, -0.25) is 0 Å². The largest absolute Gasteiger partial charge is 0.506 e. The number of hydrogen-bond acceptors (Lipinski definition) is 6. The molecule has 0 aliphatic heterocycles. The SMILES string of the molecule is COc1ccc(Nc2c(C(=O)O)cnc3nc(C)c(O)cc23)cc1. The first-order valence-corrected chi connectivity index (χ1v) is 7.13. The van der Waals surface area contributed by atoms with Gasteiger partial charge in [-0.25, -0.2) is 14.8 Å². The number of anilines is 2. The van der Waals surface area contributed by atoms with Crippen molar-refractivity contribution in [1.29, 1.82) is 0 Å². The van der Waals surface area contributed by atoms with Gasteiger partial charge in [0, 0.05) is 17.3 Å². The molecule has 122 valence electrons. The van der Waals surface area contributed by atoms with Gasteiger partial charge in [-0.05, 0) is 37.3 Å². The molecule has 0 aliphatic carbocycles. The number of hydrogen-bond donors (Lipinski definition) is 3. The number of ether oxygens (including phenoxy) is 1. The number of rotatable bonds is 4. The average Bonchev–Trinajstić information content (AvgIpc) is 2.57. The Hall–Kier alpha value is -3.35. The molecule has 3 N–H and O–H groups in total. The van der Waals surface area contributed by atoms with Gasteiger partial charge < -0.3 is 20.3 Å². The zero-order valence-corrected chi connectivity index (χ0v) is 13.1. The van der Waals surface area contributed by atoms with Crippen molar-refractivity contribution < 1.29 is 19.7 Å². The van der Waals surface area contributed by atoms with E-state index in [1.165, 1.54) is 12.3 Å². The monoisotopic (exact) mass is 325 g/mol. The van der Waals surface area contributed by atoms with Crippen molar-refractivity contribution in [3.05, 3.63) is 47.8 Å². The lowest BCUT2D eigenvalue weighted by molar-refractivity contribution is 0.0697. The molecule has 0 unspecified atom stereocenters. The fourth-order valence-corrected chi connectivity index (χ4v) is 2.32. The van der Waals surface area contributed by atoms with Crippen molar-refractivity contribution >= 4 is 28.4 Å². The van der Waals surface area contributed by atoms with E-state index in [9.17, 15) is 15.0 Å². The minimum Gasteiger partial charge on any atom is -0.506 e. The minimum absolute atomic E-state index is 0.0108. The van der Waals surface area contributed by atoms with Crippen LogP contribution in [-0.4, -0.2) is 33.3 Å². The van der Waals surface area contributed by atoms with Gasteiger partial charge in [-0.1, -0.05) is 0 Å². The van der Waals surface area contributed by atoms with Gasteiger partial charge in [0.25, 0.3) is 0 Å². The number of nitrogens with one attached hydrogen (secondary N) is 1. The van der Waals surface area contributed by atoms with Gasteiger partial charge in [-0.15, -0.1) is 0 Å². The van der Waals surface area contributed by atoms with E-state index in [4.69, 9.17) is 4.74 Å². The molecule has 0 atom stereocenters. The molecule has 3 aromatic rings. The molecular formula is C17H15N3O4. The number of carboxylic acids is 1. The van der Waals surface area contributed by atoms with Crippen LogP contribution in [0, 0.1) is 6.92 Å². The van der Waals surface area contributed by atoms with Crippen molar-refractivity contribution in [2.24, 2.45) is 0 Å². The van der Waals surface area contributed by atoms with E-state index in [1.54, 1.807) is 38.3 Å². The normalized spacial score (nSPS) is 10.6. The summed E-state index contributed by atoms with van der Waals surface area (Å²) in [6, 6.07) is 8.50. The average molecular weight is 325 g/mol. The van der Waals surface area contributed by atoms with Gasteiger partial charge in [-0.2, -0.15) is 0 Å². The van der Waals surface area contributed by atoms with E-state index in [1.807, 2.05) is 0 Å². The van der Waals surface area contributed by atoms with Crippen LogP contribution in [-0.2, 0) is 0 Å². The van der Waals surface area contributed by atoms with Crippen LogP contribution in [0.5, 0.6) is 11.5 Å². The van der Waals surface area contributed by atoms with Crippen LogP contribution in [0.1, 0.15) is 16.1 Å². The maximum atomic E-state index is 11.5. The molecule has 0 amide bonds. The maximum absolute atomic E-state index is 11.5. The third kappa shape index (κ3) is 2.79. The zero-order chi connectivity index (χ0) is 17.3. The van der Waals surface area contributed by atoms with Crippen LogP contribution in [0.15, 0.2) is 36.5 Å². The number of aromatic carboxylic acids is 1. The third-order valence-electron chi connectivity index (χ3n) is 3.61. The highest BCUT2D eigenvalue weighted by molar-refractivity contribution is 6.04. The fraction of sp³-hybridized carbons (Fsp3) is 0.118. The van der Waals surface area contributed by atoms with Crippen LogP contribution in [0.25, 0.3) is 11.0 Å². The number of aromatic nitrogens is 2. The summed E-state index contributed by atoms with van der Waals surface area (Å²) in [5, 5.41) is 22.8. The molecule has 0 spiro atoms. The lowest BCUT2D eigenvalue weighted by Crippen LogP contribution is -2.05. The predicted octanol–water partition coefficient (Wildman–Crippen LogP) is 3.09. The quantitative estimate of drug-likeness (QED) is 0.677. The van der Waals surface area contributed by atoms with Crippen molar-refractivity contribution in [3.63, 3.8) is 0 Å². The summed E-state index contributed by atoms with van der Waals surface area (Å²) in [7, 11) is 1.57. The van der Waals surface area contributed by atoms with E-state index in [2.05, 4.69) is 15.3 Å². The van der Waals surface area contributed by atoms with Gasteiger partial charge in [0.15, 0.2) is 5.65 Å². The molecule has 1 aromatic carbocycles. The summed E-state index contributed by atoms with van der Waals surface area (Å²) in [6.45, 7) is 1.65. The Morgan fingerprint density at radius 2 is 1.96 bits per heavy atom. The number of fused-ring (bicyclic) bond motifs is 1. The van der Waals surface area contributed by atoms with Crippen LogP contribution in [0.4, 0.5) is 11.4 Å². The summed E-state index contributed by atoms with van der Waals surface area (Å²) in [4.78, 5) is 19.8. The minimum atomic E-state index is -1.12. The van der Waals surface area contributed by atoms with Crippen molar-refractivity contribution in [2.75, 3.05) is 12.4 Å². The molecular weight excluding hydrogens is 310 g/mol. The van der Waals surface area contributed by atoms with E-state index in [-0.39, 0.29) is 11.3 Å². The Bertz CT molecular complexity index is 923. The summed E-state index contributed by atoms with van der Waals surface area (Å²) < 4.78 is 5.11. The first-order chi connectivity index (χ1) is 11.5. The molecule has 2 aromatic heterocycles. The fourth-order valence-electron chi connectivity index (χ4n) is 2.32. The highest BCUT2D eigenvalue weighted by Gasteiger charge is 2.17. The zero-order valence-electron chi connectivity index (χ0n) is 13.1. The summed E-state index contributed by atoms with van der Waals surface area (Å²) in [6.07, 6.45) is 1.25. The highest BCUT2D eigenvalue weighted by Crippen LogP contribution is 2.32. The van der Waals surface area contributed by atoms with Crippen LogP contribution in [0.2, 0.25) is 0 Å². The van der Waals surface area contributed by atoms with Crippen molar-refractivity contribution in [1.82, 2.24) is 9.97 Å². The second kappa shape index (κ2) is 6.04. The molecule has 0 saturated carbocycles. The lowest BCUT2D eigenvalue weighted by Gasteiger charge is -2.13. The van der Waals surface area contributed by atoms with Crippen molar-refractivity contribution in [3.8, 4) is 11.5 Å². The Labute approximate surface area is 137 Å². The number of nitrogens with zero attached hydrogens (tertiary/aromatic N) is 2. The number of carboxylic acid groups (broad SMARTS) is 1. The molecule has 24 heavy (non-hydrogen) atoms. The maximum Gasteiger partial charge on any atom is 0.339 e. The van der Waals surface area contributed by atoms with Crippen LogP contribution in [0.3, 0.4) is 0 Å². The first kappa shape index (κ1) is 15.5. The van der Waals surface area contributed by atoms with E-state index in [0.29, 0.717) is 33.9 Å². The standard InChI is InChI=1S/C17H15N3O4/c1-9-14(21)7-12-15(13(17(22)23)8-18-16(12)19-9)20-10-3-5-11(24-2)6-4-10/h3-8,21H,1-2H3,(H,22,23)(H,18,19,20). The second-order valence-electron chi connectivity index (χ2n) is 5.17. The number of aryl methyl sites for hydroxylation is 1. The highest BCUT2D eigenvalue weighted by atomic mass is 16.5. The molecule has 0 aliphatic rings. The van der Waals surface area contributed by atoms with Crippen LogP contribution < -0.4 is 10.1 Å². The number of methoxy groups -OCH3 is 1. The summed E-state index contributed by atoms with van der Waals surface area (Å²) in [5.74, 6) is -0.460. The topological polar surface area (TPSA) is 105 Å². The number of pyridine rings is 2. The molecule has 3 rings (SSSR count). The molecule has 0 radical (unpaired) electrons. The molecule has 0 bridgehead atoms. The van der Waals surface area contributed by atoms with Gasteiger partial charge in [0.1, 0.15) is 17.1 Å². The van der Waals surface area contributed by atoms with Gasteiger partial charge in [0.2, 0.25) is 0 Å². The van der Waals surface area contributed by atoms with Crippen molar-refractivity contribution in [2.45, 2.75) is 6.92 Å². The molecule has 7 heteroatoms. The Morgan fingerprint density at radius 3 is 2.58 bits per heavy atom. The summed E-state index contributed by atoms with van der Waals surface area (Å²) in [5.41, 5.74) is 1.76. The smallest absolute Gasteiger partial charge is 0.339 e. The Balaban J connectivity index is 2.16. The Kier molecular flexibility index (Phi) is 3.91. The van der Waals surface area contributed by atoms with Gasteiger partial charge >= 0.3 is 5.97 Å². The Morgan fingerprint density at radius 1 is 1.25 bits per heavy atom. The predicted molar refractivity (Wildman–Crippen MR) is 89.2 cm³/mol. The molecule has 7 nitrogen and oxygen atoms in total. The molecule has 0 fully saturated rings. The van der Waals surface area contributed by atoms with Gasteiger partial charge in [0.05, 0.1) is 18.5 Å². The van der Waals surface area contributed by atoms with E-state index in [0.717, 1.165) is 0 Å². The second-order valence-corrected chi connectivity index (χ2v) is 5.17. The van der Waals surface area contributed by atoms with E-state index >= 15 is 0 Å². The lowest BCUT2D eigenvalue weighted by atomic mass is 10.1. The first-order valence-electron chi connectivity index (χ1n) is 7.13. The number of carbonyl (C=O) groups is 1. The molecule has 2 heterocycles.